The van der Waals surface area contributed by atoms with Crippen LogP contribution in [-0.4, -0.2) is 33.5 Å². The van der Waals surface area contributed by atoms with Crippen molar-refractivity contribution < 1.29 is 4.79 Å². The van der Waals surface area contributed by atoms with Crippen molar-refractivity contribution in [3.05, 3.63) is 47.8 Å². The van der Waals surface area contributed by atoms with E-state index in [0.29, 0.717) is 6.42 Å². The summed E-state index contributed by atoms with van der Waals surface area (Å²) in [4.78, 5) is 13.9. The second kappa shape index (κ2) is 4.29. The summed E-state index contributed by atoms with van der Waals surface area (Å²) in [6, 6.07) is 5.88. The minimum atomic E-state index is 0.180. The molecule has 2 aromatic heterocycles. The Hall–Kier alpha value is -2.10. The van der Waals surface area contributed by atoms with Crippen LogP contribution in [0.1, 0.15) is 12.5 Å². The van der Waals surface area contributed by atoms with Crippen LogP contribution in [0.5, 0.6) is 0 Å². The monoisotopic (exact) mass is 241 g/mol. The number of allylic oxidation sites excluding steroid dienone is 1. The van der Waals surface area contributed by atoms with E-state index in [9.17, 15) is 4.79 Å². The lowest BCUT2D eigenvalue weighted by molar-refractivity contribution is -0.131. The Morgan fingerprint density at radius 1 is 1.44 bits per heavy atom. The van der Waals surface area contributed by atoms with Crippen LogP contribution in [0.15, 0.2) is 42.2 Å². The van der Waals surface area contributed by atoms with Crippen molar-refractivity contribution in [3.8, 4) is 0 Å². The fraction of sp³-hybridized carbons (Fsp3) is 0.286. The summed E-state index contributed by atoms with van der Waals surface area (Å²) >= 11 is 0. The lowest BCUT2D eigenvalue weighted by atomic mass is 10.1. The highest BCUT2D eigenvalue weighted by molar-refractivity contribution is 5.82. The molecule has 3 rings (SSSR count). The topological polar surface area (TPSA) is 37.6 Å². The van der Waals surface area contributed by atoms with Crippen LogP contribution < -0.4 is 0 Å². The number of hydrogen-bond donors (Lipinski definition) is 0. The molecule has 1 amide bonds. The van der Waals surface area contributed by atoms with Gasteiger partial charge in [0, 0.05) is 24.8 Å². The fourth-order valence-corrected chi connectivity index (χ4v) is 2.20. The zero-order valence-corrected chi connectivity index (χ0v) is 10.3. The van der Waals surface area contributed by atoms with Crippen molar-refractivity contribution in [2.45, 2.75) is 13.3 Å². The smallest absolute Gasteiger partial charge is 0.227 e. The minimum absolute atomic E-state index is 0.180. The van der Waals surface area contributed by atoms with Crippen LogP contribution in [0.3, 0.4) is 0 Å². The van der Waals surface area contributed by atoms with Gasteiger partial charge in [-0.2, -0.15) is 5.10 Å². The van der Waals surface area contributed by atoms with Crippen LogP contribution in [0.4, 0.5) is 0 Å². The number of carbonyl (C=O) groups excluding carboxylic acids is 1. The first-order valence-electron chi connectivity index (χ1n) is 6.11. The molecule has 4 nitrogen and oxygen atoms in total. The molecule has 1 aliphatic heterocycles. The lowest BCUT2D eigenvalue weighted by Gasteiger charge is -2.34. The van der Waals surface area contributed by atoms with Crippen molar-refractivity contribution >= 4 is 11.4 Å². The third-order valence-corrected chi connectivity index (χ3v) is 3.40. The lowest BCUT2D eigenvalue weighted by Crippen LogP contribution is -2.45. The Morgan fingerprint density at radius 2 is 2.28 bits per heavy atom. The predicted molar refractivity (Wildman–Crippen MR) is 69.2 cm³/mol. The zero-order valence-electron chi connectivity index (χ0n) is 10.3. The standard InChI is InChI=1S/C14H15N3O/c1-2-11-9-16(10-11)14(18)7-12-8-15-17-6-4-3-5-13(12)17/h2-6,8H,7,9-10H2,1H3. The van der Waals surface area contributed by atoms with Crippen LogP contribution in [0.2, 0.25) is 0 Å². The third-order valence-electron chi connectivity index (χ3n) is 3.40. The number of likely N-dealkylation sites (tertiary alicyclic amines) is 1. The van der Waals surface area contributed by atoms with Gasteiger partial charge in [0.15, 0.2) is 0 Å². The van der Waals surface area contributed by atoms with Gasteiger partial charge in [0.05, 0.1) is 18.1 Å². The largest absolute Gasteiger partial charge is 0.334 e. The van der Waals surface area contributed by atoms with Gasteiger partial charge in [-0.15, -0.1) is 0 Å². The summed E-state index contributed by atoms with van der Waals surface area (Å²) in [7, 11) is 0. The van der Waals surface area contributed by atoms with Gasteiger partial charge in [0.2, 0.25) is 5.91 Å². The summed E-state index contributed by atoms with van der Waals surface area (Å²) in [5.41, 5.74) is 3.34. The van der Waals surface area contributed by atoms with Crippen LogP contribution in [0.25, 0.3) is 5.52 Å². The average molecular weight is 241 g/mol. The molecule has 0 aromatic carbocycles. The minimum Gasteiger partial charge on any atom is -0.334 e. The van der Waals surface area contributed by atoms with E-state index in [0.717, 1.165) is 24.2 Å². The van der Waals surface area contributed by atoms with E-state index in [1.54, 1.807) is 10.7 Å². The van der Waals surface area contributed by atoms with Crippen LogP contribution in [-0.2, 0) is 11.2 Å². The molecule has 2 aromatic rings. The van der Waals surface area contributed by atoms with E-state index in [1.807, 2.05) is 36.2 Å². The first kappa shape index (κ1) is 11.0. The van der Waals surface area contributed by atoms with Gasteiger partial charge in [-0.25, -0.2) is 4.52 Å². The summed E-state index contributed by atoms with van der Waals surface area (Å²) in [6.45, 7) is 3.59. The van der Waals surface area contributed by atoms with Gasteiger partial charge in [0.1, 0.15) is 0 Å². The fourth-order valence-electron chi connectivity index (χ4n) is 2.20. The van der Waals surface area contributed by atoms with Crippen molar-refractivity contribution in [2.24, 2.45) is 0 Å². The maximum absolute atomic E-state index is 12.1. The summed E-state index contributed by atoms with van der Waals surface area (Å²) < 4.78 is 1.80. The molecule has 4 heteroatoms. The number of hydrogen-bond acceptors (Lipinski definition) is 2. The first-order valence-corrected chi connectivity index (χ1v) is 6.11. The second-order valence-corrected chi connectivity index (χ2v) is 4.57. The number of nitrogens with zero attached hydrogens (tertiary/aromatic N) is 3. The molecule has 92 valence electrons. The Balaban J connectivity index is 1.75. The van der Waals surface area contributed by atoms with Gasteiger partial charge >= 0.3 is 0 Å². The van der Waals surface area contributed by atoms with E-state index < -0.39 is 0 Å². The number of carbonyl (C=O) groups is 1. The predicted octanol–water partition coefficient (Wildman–Crippen LogP) is 1.67. The van der Waals surface area contributed by atoms with Gasteiger partial charge in [-0.3, -0.25) is 4.79 Å². The highest BCUT2D eigenvalue weighted by Gasteiger charge is 2.24. The molecule has 1 saturated heterocycles. The molecule has 18 heavy (non-hydrogen) atoms. The summed E-state index contributed by atoms with van der Waals surface area (Å²) in [5.74, 6) is 0.180. The van der Waals surface area contributed by atoms with Crippen molar-refractivity contribution in [1.82, 2.24) is 14.5 Å². The number of rotatable bonds is 2. The van der Waals surface area contributed by atoms with Crippen molar-refractivity contribution in [3.63, 3.8) is 0 Å². The first-order chi connectivity index (χ1) is 8.78. The molecule has 0 bridgehead atoms. The number of aromatic nitrogens is 2. The second-order valence-electron chi connectivity index (χ2n) is 4.57. The number of amides is 1. The van der Waals surface area contributed by atoms with Gasteiger partial charge in [0.25, 0.3) is 0 Å². The van der Waals surface area contributed by atoms with Crippen molar-refractivity contribution in [1.29, 1.82) is 0 Å². The molecule has 1 fully saturated rings. The third kappa shape index (κ3) is 1.79. The van der Waals surface area contributed by atoms with Gasteiger partial charge in [-0.1, -0.05) is 12.1 Å². The number of pyridine rings is 1. The van der Waals surface area contributed by atoms with E-state index >= 15 is 0 Å². The van der Waals surface area contributed by atoms with E-state index in [1.165, 1.54) is 5.57 Å². The molecule has 0 unspecified atom stereocenters. The molecule has 0 spiro atoms. The van der Waals surface area contributed by atoms with E-state index in [2.05, 4.69) is 11.2 Å². The SMILES string of the molecule is CC=C1CN(C(=O)Cc2cnn3ccccc23)C1. The Kier molecular flexibility index (Phi) is 2.63. The van der Waals surface area contributed by atoms with Crippen LogP contribution in [0, 0.1) is 0 Å². The molecule has 0 saturated carbocycles. The highest BCUT2D eigenvalue weighted by Crippen LogP contribution is 2.17. The van der Waals surface area contributed by atoms with Gasteiger partial charge < -0.3 is 4.90 Å². The maximum Gasteiger partial charge on any atom is 0.227 e. The van der Waals surface area contributed by atoms with Crippen LogP contribution >= 0.6 is 0 Å². The molecule has 0 atom stereocenters. The van der Waals surface area contributed by atoms with Gasteiger partial charge in [-0.05, 0) is 24.6 Å². The molecule has 0 radical (unpaired) electrons. The zero-order chi connectivity index (χ0) is 12.5. The van der Waals surface area contributed by atoms with E-state index in [4.69, 9.17) is 0 Å². The molecular formula is C14H15N3O. The quantitative estimate of drug-likeness (QED) is 0.750. The molecule has 0 aliphatic carbocycles. The molecule has 1 aliphatic rings. The average Bonchev–Trinajstić information content (AvgIpc) is 2.72. The highest BCUT2D eigenvalue weighted by atomic mass is 16.2. The van der Waals surface area contributed by atoms with Crippen molar-refractivity contribution in [2.75, 3.05) is 13.1 Å². The molecular weight excluding hydrogens is 226 g/mol. The Morgan fingerprint density at radius 3 is 3.06 bits per heavy atom. The Labute approximate surface area is 106 Å². The molecule has 3 heterocycles. The maximum atomic E-state index is 12.1. The Bertz CT molecular complexity index is 619. The molecule has 0 N–H and O–H groups in total. The number of fused-ring (bicyclic) bond motifs is 1. The summed E-state index contributed by atoms with van der Waals surface area (Å²) in [5, 5.41) is 4.24. The van der Waals surface area contributed by atoms with E-state index in [-0.39, 0.29) is 5.91 Å². The normalized spacial score (nSPS) is 14.7. The summed E-state index contributed by atoms with van der Waals surface area (Å²) in [6.07, 6.45) is 6.19.